The topological polar surface area (TPSA) is 35.5 Å². The van der Waals surface area contributed by atoms with Gasteiger partial charge >= 0.3 is 0 Å². The molecule has 21 heavy (non-hydrogen) atoms. The smallest absolute Gasteiger partial charge is 0.161 e. The third kappa shape index (κ3) is 3.56. The Kier molecular flexibility index (Phi) is 4.11. The van der Waals surface area contributed by atoms with Crippen LogP contribution in [0.1, 0.15) is 11.1 Å². The zero-order valence-electron chi connectivity index (χ0n) is 11.5. The van der Waals surface area contributed by atoms with Gasteiger partial charge in [-0.05, 0) is 35.4 Å². The number of hydrogen-bond donors (Lipinski definition) is 0. The van der Waals surface area contributed by atoms with E-state index in [4.69, 9.17) is 21.1 Å². The molecule has 108 valence electrons. The first-order valence-electron chi connectivity index (χ1n) is 6.85. The van der Waals surface area contributed by atoms with Gasteiger partial charge in [-0.1, -0.05) is 29.8 Å². The molecule has 1 aliphatic heterocycles. The second kappa shape index (κ2) is 6.19. The molecular weight excluding hydrogens is 288 g/mol. The first-order chi connectivity index (χ1) is 10.2. The molecule has 0 atom stereocenters. The molecule has 3 rings (SSSR count). The van der Waals surface area contributed by atoms with Crippen molar-refractivity contribution in [3.05, 3.63) is 58.6 Å². The predicted molar refractivity (Wildman–Crippen MR) is 81.3 cm³/mol. The van der Waals surface area contributed by atoms with E-state index in [0.717, 1.165) is 22.6 Å². The van der Waals surface area contributed by atoms with E-state index in [1.165, 1.54) is 0 Å². The van der Waals surface area contributed by atoms with Crippen LogP contribution in [0.2, 0.25) is 5.02 Å². The molecule has 0 aliphatic carbocycles. The summed E-state index contributed by atoms with van der Waals surface area (Å²) in [4.78, 5) is 12.1. The lowest BCUT2D eigenvalue weighted by molar-refractivity contribution is -0.117. The van der Waals surface area contributed by atoms with Gasteiger partial charge in [-0.25, -0.2) is 0 Å². The molecule has 4 heteroatoms. The lowest BCUT2D eigenvalue weighted by atomic mass is 10.0. The summed E-state index contributed by atoms with van der Waals surface area (Å²) < 4.78 is 11.0. The summed E-state index contributed by atoms with van der Waals surface area (Å²) in [5.74, 6) is 1.63. The zero-order valence-corrected chi connectivity index (χ0v) is 12.2. The summed E-state index contributed by atoms with van der Waals surface area (Å²) in [5.41, 5.74) is 1.92. The SMILES string of the molecule is O=C(Cc1ccc(Cl)cc1)Cc1ccc2c(c1)OCCO2. The Balaban J connectivity index is 1.65. The van der Waals surface area contributed by atoms with Crippen LogP contribution in [0.3, 0.4) is 0 Å². The number of carbonyl (C=O) groups is 1. The largest absolute Gasteiger partial charge is 0.486 e. The normalized spacial score (nSPS) is 13.0. The molecule has 0 saturated heterocycles. The number of ketones is 1. The molecule has 2 aromatic rings. The van der Waals surface area contributed by atoms with Crippen molar-refractivity contribution in [3.8, 4) is 11.5 Å². The second-order valence-electron chi connectivity index (χ2n) is 5.00. The molecule has 0 bridgehead atoms. The van der Waals surface area contributed by atoms with Gasteiger partial charge in [0.15, 0.2) is 11.5 Å². The van der Waals surface area contributed by atoms with Gasteiger partial charge in [-0.15, -0.1) is 0 Å². The molecule has 0 unspecified atom stereocenters. The van der Waals surface area contributed by atoms with Crippen LogP contribution in [0.4, 0.5) is 0 Å². The number of rotatable bonds is 4. The van der Waals surface area contributed by atoms with Gasteiger partial charge in [0.2, 0.25) is 0 Å². The van der Waals surface area contributed by atoms with Gasteiger partial charge in [0.1, 0.15) is 19.0 Å². The fourth-order valence-corrected chi connectivity index (χ4v) is 2.44. The highest BCUT2D eigenvalue weighted by atomic mass is 35.5. The van der Waals surface area contributed by atoms with Gasteiger partial charge in [0, 0.05) is 17.9 Å². The average molecular weight is 303 g/mol. The maximum Gasteiger partial charge on any atom is 0.161 e. The number of halogens is 1. The van der Waals surface area contributed by atoms with E-state index < -0.39 is 0 Å². The van der Waals surface area contributed by atoms with E-state index in [1.807, 2.05) is 30.3 Å². The third-order valence-corrected chi connectivity index (χ3v) is 3.57. The molecule has 0 N–H and O–H groups in total. The maximum atomic E-state index is 12.1. The Morgan fingerprint density at radius 3 is 2.29 bits per heavy atom. The van der Waals surface area contributed by atoms with E-state index in [9.17, 15) is 4.79 Å². The van der Waals surface area contributed by atoms with Crippen molar-refractivity contribution in [2.45, 2.75) is 12.8 Å². The minimum Gasteiger partial charge on any atom is -0.486 e. The molecule has 1 aliphatic rings. The van der Waals surface area contributed by atoms with E-state index >= 15 is 0 Å². The first-order valence-corrected chi connectivity index (χ1v) is 7.23. The van der Waals surface area contributed by atoms with Gasteiger partial charge in [0.05, 0.1) is 0 Å². The van der Waals surface area contributed by atoms with Crippen molar-refractivity contribution in [2.75, 3.05) is 13.2 Å². The van der Waals surface area contributed by atoms with Crippen LogP contribution in [0.5, 0.6) is 11.5 Å². The molecule has 0 fully saturated rings. The number of hydrogen-bond acceptors (Lipinski definition) is 3. The summed E-state index contributed by atoms with van der Waals surface area (Å²) in [6.07, 6.45) is 0.797. The summed E-state index contributed by atoms with van der Waals surface area (Å²) in [6, 6.07) is 13.0. The number of benzene rings is 2. The number of carbonyl (C=O) groups excluding carboxylic acids is 1. The first kappa shape index (κ1) is 14.0. The Hall–Kier alpha value is -2.00. The highest BCUT2D eigenvalue weighted by molar-refractivity contribution is 6.30. The monoisotopic (exact) mass is 302 g/mol. The van der Waals surface area contributed by atoms with Gasteiger partial charge in [-0.2, -0.15) is 0 Å². The highest BCUT2D eigenvalue weighted by Crippen LogP contribution is 2.30. The van der Waals surface area contributed by atoms with Crippen molar-refractivity contribution in [2.24, 2.45) is 0 Å². The van der Waals surface area contributed by atoms with Crippen LogP contribution < -0.4 is 9.47 Å². The predicted octanol–water partition coefficient (Wildman–Crippen LogP) is 3.47. The van der Waals surface area contributed by atoms with Gasteiger partial charge in [-0.3, -0.25) is 4.79 Å². The Labute approximate surface area is 128 Å². The van der Waals surface area contributed by atoms with Crippen molar-refractivity contribution < 1.29 is 14.3 Å². The van der Waals surface area contributed by atoms with E-state index in [2.05, 4.69) is 0 Å². The number of ether oxygens (including phenoxy) is 2. The zero-order chi connectivity index (χ0) is 14.7. The second-order valence-corrected chi connectivity index (χ2v) is 5.43. The highest BCUT2D eigenvalue weighted by Gasteiger charge is 2.13. The van der Waals surface area contributed by atoms with Crippen LogP contribution >= 0.6 is 11.6 Å². The number of fused-ring (bicyclic) bond motifs is 1. The quantitative estimate of drug-likeness (QED) is 0.867. The minimum atomic E-state index is 0.161. The van der Waals surface area contributed by atoms with Crippen molar-refractivity contribution in [1.82, 2.24) is 0 Å². The lowest BCUT2D eigenvalue weighted by Gasteiger charge is -2.18. The van der Waals surface area contributed by atoms with Crippen molar-refractivity contribution in [3.63, 3.8) is 0 Å². The Bertz CT molecular complexity index is 650. The molecule has 0 spiro atoms. The van der Waals surface area contributed by atoms with Crippen molar-refractivity contribution in [1.29, 1.82) is 0 Å². The summed E-state index contributed by atoms with van der Waals surface area (Å²) in [6.45, 7) is 1.12. The van der Waals surface area contributed by atoms with Crippen LogP contribution in [0.15, 0.2) is 42.5 Å². The molecule has 0 amide bonds. The molecule has 0 saturated carbocycles. The summed E-state index contributed by atoms with van der Waals surface area (Å²) >= 11 is 5.83. The fraction of sp³-hybridized carbons (Fsp3) is 0.235. The van der Waals surface area contributed by atoms with E-state index in [1.54, 1.807) is 12.1 Å². The average Bonchev–Trinajstić information content (AvgIpc) is 2.49. The lowest BCUT2D eigenvalue weighted by Crippen LogP contribution is -2.15. The summed E-state index contributed by atoms with van der Waals surface area (Å²) in [7, 11) is 0. The Morgan fingerprint density at radius 2 is 1.52 bits per heavy atom. The summed E-state index contributed by atoms with van der Waals surface area (Å²) in [5, 5.41) is 0.679. The molecule has 0 radical (unpaired) electrons. The minimum absolute atomic E-state index is 0.161. The molecule has 3 nitrogen and oxygen atoms in total. The molecule has 1 heterocycles. The van der Waals surface area contributed by atoms with Crippen LogP contribution in [-0.2, 0) is 17.6 Å². The maximum absolute atomic E-state index is 12.1. The van der Waals surface area contributed by atoms with Gasteiger partial charge < -0.3 is 9.47 Å². The standard InChI is InChI=1S/C17H15ClO3/c18-14-4-1-12(2-5-14)9-15(19)10-13-3-6-16-17(11-13)21-8-7-20-16/h1-6,11H,7-10H2. The van der Waals surface area contributed by atoms with Gasteiger partial charge in [0.25, 0.3) is 0 Å². The number of Topliss-reactive ketones (excluding diaryl/α,β-unsaturated/α-hetero) is 1. The van der Waals surface area contributed by atoms with Crippen LogP contribution in [0.25, 0.3) is 0 Å². The molecular formula is C17H15ClO3. The fourth-order valence-electron chi connectivity index (χ4n) is 2.32. The molecule has 0 aromatic heterocycles. The van der Waals surface area contributed by atoms with Crippen LogP contribution in [0, 0.1) is 0 Å². The molecule has 2 aromatic carbocycles. The Morgan fingerprint density at radius 1 is 0.905 bits per heavy atom. The van der Waals surface area contributed by atoms with E-state index in [-0.39, 0.29) is 5.78 Å². The van der Waals surface area contributed by atoms with E-state index in [0.29, 0.717) is 31.1 Å². The third-order valence-electron chi connectivity index (χ3n) is 3.32. The van der Waals surface area contributed by atoms with Crippen LogP contribution in [-0.4, -0.2) is 19.0 Å². The van der Waals surface area contributed by atoms with Crippen molar-refractivity contribution >= 4 is 17.4 Å².